The van der Waals surface area contributed by atoms with Crippen molar-refractivity contribution in [2.45, 2.75) is 32.2 Å². The molecular formula is C12H18N2O5. The number of nitrogens with zero attached hydrogens (tertiary/aromatic N) is 1. The van der Waals surface area contributed by atoms with E-state index < -0.39 is 29.8 Å². The summed E-state index contributed by atoms with van der Waals surface area (Å²) < 4.78 is 8.95. The number of rotatable bonds is 7. The van der Waals surface area contributed by atoms with E-state index in [0.717, 1.165) is 0 Å². The van der Waals surface area contributed by atoms with Crippen LogP contribution in [0.2, 0.25) is 0 Å². The van der Waals surface area contributed by atoms with Gasteiger partial charge in [-0.15, -0.1) is 0 Å². The van der Waals surface area contributed by atoms with Gasteiger partial charge in [0, 0.05) is 12.3 Å². The smallest absolute Gasteiger partial charge is 0.328 e. The molecule has 0 aliphatic rings. The highest BCUT2D eigenvalue weighted by Gasteiger charge is 2.23. The maximum absolute atomic E-state index is 11.6. The number of hydrogen-bond acceptors (Lipinski definition) is 6. The first-order valence-corrected chi connectivity index (χ1v) is 5.78. The number of carbonyl (C=O) groups excluding carboxylic acids is 3. The topological polar surface area (TPSA) is 105 Å². The van der Waals surface area contributed by atoms with E-state index in [1.54, 1.807) is 6.92 Å². The Kier molecular flexibility index (Phi) is 7.93. The van der Waals surface area contributed by atoms with Crippen molar-refractivity contribution in [3.05, 3.63) is 0 Å². The molecule has 0 radical (unpaired) electrons. The molecule has 7 heteroatoms. The van der Waals surface area contributed by atoms with Crippen LogP contribution in [-0.4, -0.2) is 38.1 Å². The molecule has 0 aromatic carbocycles. The molecule has 0 aromatic heterocycles. The van der Waals surface area contributed by atoms with Crippen LogP contribution in [0.1, 0.15) is 26.2 Å². The largest absolute Gasteiger partial charge is 0.469 e. The van der Waals surface area contributed by atoms with Crippen LogP contribution in [0.15, 0.2) is 0 Å². The maximum atomic E-state index is 11.6. The molecule has 7 nitrogen and oxygen atoms in total. The Labute approximate surface area is 111 Å². The average molecular weight is 270 g/mol. The van der Waals surface area contributed by atoms with E-state index in [9.17, 15) is 14.4 Å². The highest BCUT2D eigenvalue weighted by Crippen LogP contribution is 2.07. The summed E-state index contributed by atoms with van der Waals surface area (Å²) in [5.74, 6) is -1.99. The minimum Gasteiger partial charge on any atom is -0.469 e. The lowest BCUT2D eigenvalue weighted by Crippen LogP contribution is -2.42. The third-order valence-corrected chi connectivity index (χ3v) is 2.41. The molecule has 0 bridgehead atoms. The summed E-state index contributed by atoms with van der Waals surface area (Å²) in [7, 11) is 2.43. The summed E-state index contributed by atoms with van der Waals surface area (Å²) in [4.78, 5) is 33.9. The normalized spacial score (nSPS) is 12.7. The molecule has 0 saturated heterocycles. The van der Waals surface area contributed by atoms with Gasteiger partial charge in [0.1, 0.15) is 6.04 Å². The van der Waals surface area contributed by atoms with Crippen LogP contribution in [0.5, 0.6) is 0 Å². The van der Waals surface area contributed by atoms with Gasteiger partial charge in [0.25, 0.3) is 0 Å². The van der Waals surface area contributed by atoms with Crippen molar-refractivity contribution in [2.24, 2.45) is 5.92 Å². The van der Waals surface area contributed by atoms with Crippen LogP contribution in [0.4, 0.5) is 0 Å². The Morgan fingerprint density at radius 1 is 1.21 bits per heavy atom. The van der Waals surface area contributed by atoms with Gasteiger partial charge in [-0.2, -0.15) is 5.26 Å². The van der Waals surface area contributed by atoms with E-state index in [1.165, 1.54) is 14.2 Å². The molecule has 0 saturated carbocycles. The highest BCUT2D eigenvalue weighted by molar-refractivity contribution is 5.86. The van der Waals surface area contributed by atoms with Crippen LogP contribution < -0.4 is 5.32 Å². The third kappa shape index (κ3) is 7.03. The number of hydrogen-bond donors (Lipinski definition) is 1. The van der Waals surface area contributed by atoms with Gasteiger partial charge in [-0.1, -0.05) is 0 Å². The Hall–Kier alpha value is -2.10. The molecule has 19 heavy (non-hydrogen) atoms. The fraction of sp³-hybridized carbons (Fsp3) is 0.667. The SMILES string of the molecule is COC(=O)CCC(=O)N[C@@H](C[C@@H](C)C#N)C(=O)OC. The summed E-state index contributed by atoms with van der Waals surface area (Å²) in [6.45, 7) is 1.64. The number of amides is 1. The van der Waals surface area contributed by atoms with Gasteiger partial charge in [-0.05, 0) is 13.3 Å². The molecule has 2 atom stereocenters. The number of ether oxygens (including phenoxy) is 2. The minimum atomic E-state index is -0.884. The summed E-state index contributed by atoms with van der Waals surface area (Å²) in [6.07, 6.45) is 0.0122. The van der Waals surface area contributed by atoms with Gasteiger partial charge in [-0.3, -0.25) is 9.59 Å². The summed E-state index contributed by atoms with van der Waals surface area (Å²) in [5, 5.41) is 11.1. The van der Waals surface area contributed by atoms with Gasteiger partial charge >= 0.3 is 11.9 Å². The molecule has 0 unspecified atom stereocenters. The fourth-order valence-corrected chi connectivity index (χ4v) is 1.35. The number of esters is 2. The first-order valence-electron chi connectivity index (χ1n) is 5.78. The number of carbonyl (C=O) groups is 3. The van der Waals surface area contributed by atoms with Crippen molar-refractivity contribution in [1.82, 2.24) is 5.32 Å². The van der Waals surface area contributed by atoms with Gasteiger partial charge in [0.05, 0.1) is 26.7 Å². The molecule has 1 amide bonds. The van der Waals surface area contributed by atoms with Gasteiger partial charge < -0.3 is 14.8 Å². The van der Waals surface area contributed by atoms with Crippen molar-refractivity contribution in [3.63, 3.8) is 0 Å². The lowest BCUT2D eigenvalue weighted by molar-refractivity contribution is -0.145. The van der Waals surface area contributed by atoms with Crippen LogP contribution >= 0.6 is 0 Å². The molecular weight excluding hydrogens is 252 g/mol. The summed E-state index contributed by atoms with van der Waals surface area (Å²) in [6, 6.07) is 1.09. The van der Waals surface area contributed by atoms with Gasteiger partial charge in [-0.25, -0.2) is 4.79 Å². The second kappa shape index (κ2) is 8.91. The van der Waals surface area contributed by atoms with Crippen molar-refractivity contribution in [2.75, 3.05) is 14.2 Å². The van der Waals surface area contributed by atoms with E-state index in [2.05, 4.69) is 14.8 Å². The van der Waals surface area contributed by atoms with Gasteiger partial charge in [0.15, 0.2) is 0 Å². The van der Waals surface area contributed by atoms with Crippen LogP contribution in [0.3, 0.4) is 0 Å². The van der Waals surface area contributed by atoms with Crippen molar-refractivity contribution in [3.8, 4) is 6.07 Å². The zero-order valence-electron chi connectivity index (χ0n) is 11.3. The van der Waals surface area contributed by atoms with Crippen molar-refractivity contribution >= 4 is 17.8 Å². The zero-order valence-corrected chi connectivity index (χ0v) is 11.3. The molecule has 1 N–H and O–H groups in total. The fourth-order valence-electron chi connectivity index (χ4n) is 1.35. The molecule has 0 aromatic rings. The monoisotopic (exact) mass is 270 g/mol. The summed E-state index contributed by atoms with van der Waals surface area (Å²) >= 11 is 0. The second-order valence-corrected chi connectivity index (χ2v) is 3.99. The zero-order chi connectivity index (χ0) is 14.8. The van der Waals surface area contributed by atoms with Gasteiger partial charge in [0.2, 0.25) is 5.91 Å². The minimum absolute atomic E-state index is 0.0654. The first kappa shape index (κ1) is 16.9. The molecule has 106 valence electrons. The molecule has 0 heterocycles. The lowest BCUT2D eigenvalue weighted by atomic mass is 10.0. The highest BCUT2D eigenvalue weighted by atomic mass is 16.5. The number of nitriles is 1. The molecule has 0 rings (SSSR count). The van der Waals surface area contributed by atoms with E-state index in [-0.39, 0.29) is 19.3 Å². The Morgan fingerprint density at radius 2 is 1.84 bits per heavy atom. The lowest BCUT2D eigenvalue weighted by Gasteiger charge is -2.17. The van der Waals surface area contributed by atoms with Crippen molar-refractivity contribution < 1.29 is 23.9 Å². The van der Waals surface area contributed by atoms with E-state index >= 15 is 0 Å². The van der Waals surface area contributed by atoms with Crippen LogP contribution in [0, 0.1) is 17.2 Å². The van der Waals surface area contributed by atoms with Crippen LogP contribution in [-0.2, 0) is 23.9 Å². The first-order chi connectivity index (χ1) is 8.94. The van der Waals surface area contributed by atoms with E-state index in [0.29, 0.717) is 0 Å². The molecule has 0 aliphatic heterocycles. The standard InChI is InChI=1S/C12H18N2O5/c1-8(7-13)6-9(12(17)19-3)14-10(15)4-5-11(16)18-2/h8-9H,4-6H2,1-3H3,(H,14,15)/t8-,9+/m1/s1. The predicted octanol–water partition coefficient (Wildman–Crippen LogP) is 0.147. The molecule has 0 aliphatic carbocycles. The molecule has 0 spiro atoms. The number of methoxy groups -OCH3 is 2. The average Bonchev–Trinajstić information content (AvgIpc) is 2.42. The maximum Gasteiger partial charge on any atom is 0.328 e. The predicted molar refractivity (Wildman–Crippen MR) is 64.6 cm³/mol. The van der Waals surface area contributed by atoms with Crippen LogP contribution in [0.25, 0.3) is 0 Å². The third-order valence-electron chi connectivity index (χ3n) is 2.41. The Balaban J connectivity index is 4.39. The number of nitrogens with one attached hydrogen (secondary N) is 1. The summed E-state index contributed by atoms with van der Waals surface area (Å²) in [5.41, 5.74) is 0. The van der Waals surface area contributed by atoms with E-state index in [1.807, 2.05) is 6.07 Å². The van der Waals surface area contributed by atoms with E-state index in [4.69, 9.17) is 5.26 Å². The van der Waals surface area contributed by atoms with Crippen molar-refractivity contribution in [1.29, 1.82) is 5.26 Å². The molecule has 0 fully saturated rings. The Morgan fingerprint density at radius 3 is 2.32 bits per heavy atom. The second-order valence-electron chi connectivity index (χ2n) is 3.99. The Bertz CT molecular complexity index is 375. The quantitative estimate of drug-likeness (QED) is 0.660.